The molecule has 1 heterocycles. The number of imide groups is 1. The summed E-state index contributed by atoms with van der Waals surface area (Å²) in [6, 6.07) is 12.7. The Bertz CT molecular complexity index is 939. The van der Waals surface area contributed by atoms with Crippen molar-refractivity contribution in [2.75, 3.05) is 23.9 Å². The van der Waals surface area contributed by atoms with Gasteiger partial charge >= 0.3 is 6.03 Å². The lowest BCUT2D eigenvalue weighted by atomic mass is 10.1. The first-order valence-corrected chi connectivity index (χ1v) is 9.20. The predicted molar refractivity (Wildman–Crippen MR) is 111 cm³/mol. The first-order chi connectivity index (χ1) is 13.9. The van der Waals surface area contributed by atoms with Crippen LogP contribution < -0.4 is 15.0 Å². The Hall–Kier alpha value is -3.61. The molecule has 7 nitrogen and oxygen atoms in total. The number of anilines is 2. The number of nitrogens with one attached hydrogen (secondary N) is 1. The Morgan fingerprint density at radius 1 is 1.21 bits per heavy atom. The highest BCUT2D eigenvalue weighted by Crippen LogP contribution is 2.27. The predicted octanol–water partition coefficient (Wildman–Crippen LogP) is 3.36. The third-order valence-electron chi connectivity index (χ3n) is 4.66. The van der Waals surface area contributed by atoms with Crippen LogP contribution in [0.3, 0.4) is 0 Å². The van der Waals surface area contributed by atoms with Crippen molar-refractivity contribution in [3.8, 4) is 5.75 Å². The highest BCUT2D eigenvalue weighted by atomic mass is 16.5. The molecule has 0 aliphatic carbocycles. The Kier molecular flexibility index (Phi) is 5.97. The maximum Gasteiger partial charge on any atom is 0.332 e. The van der Waals surface area contributed by atoms with E-state index in [0.717, 1.165) is 10.5 Å². The zero-order valence-corrected chi connectivity index (χ0v) is 16.4. The fourth-order valence-corrected chi connectivity index (χ4v) is 3.25. The normalized spacial score (nSPS) is 16.1. The molecule has 1 fully saturated rings. The molecule has 1 aliphatic rings. The van der Waals surface area contributed by atoms with Gasteiger partial charge in [-0.3, -0.25) is 9.59 Å². The van der Waals surface area contributed by atoms with Crippen molar-refractivity contribution in [2.24, 2.45) is 0 Å². The first kappa shape index (κ1) is 20.1. The number of amides is 4. The van der Waals surface area contributed by atoms with Crippen LogP contribution in [-0.4, -0.2) is 42.4 Å². The van der Waals surface area contributed by atoms with Gasteiger partial charge in [-0.15, -0.1) is 6.58 Å². The molecule has 0 radical (unpaired) electrons. The van der Waals surface area contributed by atoms with E-state index in [1.807, 2.05) is 13.0 Å². The number of methoxy groups -OCH3 is 1. The summed E-state index contributed by atoms with van der Waals surface area (Å²) in [6.07, 6.45) is 1.39. The fraction of sp³-hybridized carbons (Fsp3) is 0.227. The van der Waals surface area contributed by atoms with E-state index < -0.39 is 18.0 Å². The second kappa shape index (κ2) is 8.60. The number of benzene rings is 2. The summed E-state index contributed by atoms with van der Waals surface area (Å²) < 4.78 is 5.09. The third kappa shape index (κ3) is 4.29. The van der Waals surface area contributed by atoms with Crippen molar-refractivity contribution in [2.45, 2.75) is 19.4 Å². The number of aryl methyl sites for hydroxylation is 1. The third-order valence-corrected chi connectivity index (χ3v) is 4.66. The molecule has 1 saturated heterocycles. The van der Waals surface area contributed by atoms with Gasteiger partial charge in [-0.25, -0.2) is 9.69 Å². The van der Waals surface area contributed by atoms with Gasteiger partial charge in [-0.05, 0) is 48.9 Å². The number of hydrogen-bond donors (Lipinski definition) is 1. The summed E-state index contributed by atoms with van der Waals surface area (Å²) in [5.41, 5.74) is 2.00. The maximum absolute atomic E-state index is 13.0. The molecule has 1 atom stereocenters. The molecule has 3 rings (SSSR count). The quantitative estimate of drug-likeness (QED) is 0.578. The smallest absolute Gasteiger partial charge is 0.332 e. The van der Waals surface area contributed by atoms with Crippen LogP contribution in [0.2, 0.25) is 0 Å². The number of rotatable bonds is 7. The lowest BCUT2D eigenvalue weighted by Crippen LogP contribution is -2.38. The van der Waals surface area contributed by atoms with Gasteiger partial charge < -0.3 is 15.0 Å². The number of carbonyl (C=O) groups excluding carboxylic acids is 3. The van der Waals surface area contributed by atoms with E-state index in [1.54, 1.807) is 55.7 Å². The Morgan fingerprint density at radius 3 is 2.55 bits per heavy atom. The summed E-state index contributed by atoms with van der Waals surface area (Å²) in [6.45, 7) is 5.72. The molecule has 29 heavy (non-hydrogen) atoms. The lowest BCUT2D eigenvalue weighted by molar-refractivity contribution is -0.124. The molecule has 150 valence electrons. The van der Waals surface area contributed by atoms with Crippen molar-refractivity contribution in [3.63, 3.8) is 0 Å². The minimum atomic E-state index is -0.890. The van der Waals surface area contributed by atoms with Gasteiger partial charge in [0.1, 0.15) is 11.8 Å². The minimum absolute atomic E-state index is 0.146. The second-order valence-corrected chi connectivity index (χ2v) is 6.73. The van der Waals surface area contributed by atoms with Crippen LogP contribution in [0.15, 0.2) is 61.2 Å². The maximum atomic E-state index is 13.0. The van der Waals surface area contributed by atoms with Crippen molar-refractivity contribution in [1.29, 1.82) is 0 Å². The van der Waals surface area contributed by atoms with Crippen LogP contribution in [-0.2, 0) is 9.59 Å². The zero-order valence-electron chi connectivity index (χ0n) is 16.4. The monoisotopic (exact) mass is 393 g/mol. The molecular formula is C22H23N3O4. The molecule has 1 N–H and O–H groups in total. The number of carbonyl (C=O) groups is 3. The first-order valence-electron chi connectivity index (χ1n) is 9.20. The molecule has 0 unspecified atom stereocenters. The van der Waals surface area contributed by atoms with E-state index >= 15 is 0 Å². The number of hydrogen-bond acceptors (Lipinski definition) is 4. The van der Waals surface area contributed by atoms with E-state index in [2.05, 4.69) is 11.9 Å². The molecule has 0 spiro atoms. The average Bonchev–Trinajstić information content (AvgIpc) is 2.93. The highest BCUT2D eigenvalue weighted by Gasteiger charge is 2.46. The Morgan fingerprint density at radius 2 is 1.93 bits per heavy atom. The van der Waals surface area contributed by atoms with E-state index in [4.69, 9.17) is 4.74 Å². The summed E-state index contributed by atoms with van der Waals surface area (Å²) in [5.74, 6) is -0.112. The molecule has 7 heteroatoms. The van der Waals surface area contributed by atoms with Crippen molar-refractivity contribution < 1.29 is 19.1 Å². The Labute approximate surface area is 169 Å². The number of urea groups is 1. The second-order valence-electron chi connectivity index (χ2n) is 6.73. The lowest BCUT2D eigenvalue weighted by Gasteiger charge is -2.19. The van der Waals surface area contributed by atoms with Crippen LogP contribution >= 0.6 is 0 Å². The molecule has 0 aromatic heterocycles. The van der Waals surface area contributed by atoms with Gasteiger partial charge in [0.05, 0.1) is 19.2 Å². The largest absolute Gasteiger partial charge is 0.497 e. The topological polar surface area (TPSA) is 79.0 Å². The molecule has 4 amide bonds. The van der Waals surface area contributed by atoms with Crippen LogP contribution in [0, 0.1) is 6.92 Å². The van der Waals surface area contributed by atoms with Gasteiger partial charge in [0.2, 0.25) is 5.91 Å². The van der Waals surface area contributed by atoms with Crippen molar-refractivity contribution >= 4 is 29.2 Å². The van der Waals surface area contributed by atoms with Gasteiger partial charge in [0.25, 0.3) is 5.91 Å². The fourth-order valence-electron chi connectivity index (χ4n) is 3.25. The SMILES string of the molecule is C=CCN1C(=O)N(c2cccc(C)c2)C(=O)[C@H]1CC(=O)Nc1ccc(OC)cc1. The molecular weight excluding hydrogens is 370 g/mol. The van der Waals surface area contributed by atoms with Gasteiger partial charge in [-0.2, -0.15) is 0 Å². The van der Waals surface area contributed by atoms with E-state index in [9.17, 15) is 14.4 Å². The molecule has 2 aromatic carbocycles. The standard InChI is InChI=1S/C22H23N3O4/c1-4-12-24-19(14-20(26)23-16-8-10-18(29-3)11-9-16)21(27)25(22(24)28)17-7-5-6-15(2)13-17/h4-11,13,19H,1,12,14H2,2-3H3,(H,23,26)/t19-/m1/s1. The van der Waals surface area contributed by atoms with Crippen LogP contribution in [0.4, 0.5) is 16.2 Å². The van der Waals surface area contributed by atoms with Crippen molar-refractivity contribution in [3.05, 3.63) is 66.7 Å². The van der Waals surface area contributed by atoms with E-state index in [-0.39, 0.29) is 18.9 Å². The van der Waals surface area contributed by atoms with Gasteiger partial charge in [0, 0.05) is 12.2 Å². The Balaban J connectivity index is 1.78. The summed E-state index contributed by atoms with van der Waals surface area (Å²) >= 11 is 0. The zero-order chi connectivity index (χ0) is 21.0. The molecule has 0 saturated carbocycles. The number of nitrogens with zero attached hydrogens (tertiary/aromatic N) is 2. The van der Waals surface area contributed by atoms with E-state index in [0.29, 0.717) is 17.1 Å². The summed E-state index contributed by atoms with van der Waals surface area (Å²) in [5, 5.41) is 2.75. The van der Waals surface area contributed by atoms with E-state index in [1.165, 1.54) is 4.90 Å². The summed E-state index contributed by atoms with van der Waals surface area (Å²) in [7, 11) is 1.56. The van der Waals surface area contributed by atoms with Gasteiger partial charge in [-0.1, -0.05) is 18.2 Å². The molecule has 0 bridgehead atoms. The molecule has 2 aromatic rings. The minimum Gasteiger partial charge on any atom is -0.497 e. The molecule has 1 aliphatic heterocycles. The highest BCUT2D eigenvalue weighted by molar-refractivity contribution is 6.22. The van der Waals surface area contributed by atoms with Gasteiger partial charge in [0.15, 0.2) is 0 Å². The van der Waals surface area contributed by atoms with Crippen LogP contribution in [0.5, 0.6) is 5.75 Å². The van der Waals surface area contributed by atoms with Crippen LogP contribution in [0.25, 0.3) is 0 Å². The van der Waals surface area contributed by atoms with Crippen LogP contribution in [0.1, 0.15) is 12.0 Å². The number of ether oxygens (including phenoxy) is 1. The average molecular weight is 393 g/mol. The summed E-state index contributed by atoms with van der Waals surface area (Å²) in [4.78, 5) is 40.9. The van der Waals surface area contributed by atoms with Crippen molar-refractivity contribution in [1.82, 2.24) is 4.90 Å².